The summed E-state index contributed by atoms with van der Waals surface area (Å²) in [5.74, 6) is 0.919. The molecule has 0 aromatic heterocycles. The molecule has 0 radical (unpaired) electrons. The number of hydrogen-bond donors (Lipinski definition) is 2. The maximum Gasteiger partial charge on any atom is 0.227 e. The number of benzene rings is 2. The van der Waals surface area contributed by atoms with Crippen molar-refractivity contribution in [2.24, 2.45) is 0 Å². The monoisotopic (exact) mass is 398 g/mol. The Morgan fingerprint density at radius 3 is 2.24 bits per heavy atom. The van der Waals surface area contributed by atoms with Crippen molar-refractivity contribution in [1.82, 2.24) is 10.2 Å². The normalized spacial score (nSPS) is 15.3. The van der Waals surface area contributed by atoms with E-state index in [0.29, 0.717) is 32.5 Å². The van der Waals surface area contributed by atoms with E-state index in [9.17, 15) is 14.7 Å². The Morgan fingerprint density at radius 2 is 1.72 bits per heavy atom. The molecular weight excluding hydrogens is 368 g/mol. The van der Waals surface area contributed by atoms with Crippen LogP contribution in [0.25, 0.3) is 0 Å². The molecular formula is C23H30N2O4. The van der Waals surface area contributed by atoms with Crippen LogP contribution < -0.4 is 10.1 Å². The summed E-state index contributed by atoms with van der Waals surface area (Å²) in [6, 6.07) is 15.6. The number of rotatable bonds is 5. The number of aliphatic hydroxyl groups is 1. The number of carbonyl (C=O) groups is 2. The zero-order chi connectivity index (χ0) is 21.2. The van der Waals surface area contributed by atoms with Gasteiger partial charge in [-0.1, -0.05) is 42.0 Å². The first-order chi connectivity index (χ1) is 13.9. The molecule has 0 bridgehead atoms. The Labute approximate surface area is 172 Å². The second kappa shape index (κ2) is 11.2. The average Bonchev–Trinajstić information content (AvgIpc) is 3.15. The zero-order valence-electron chi connectivity index (χ0n) is 17.4. The van der Waals surface area contributed by atoms with Gasteiger partial charge in [0.15, 0.2) is 0 Å². The van der Waals surface area contributed by atoms with Crippen LogP contribution in [0.3, 0.4) is 0 Å². The highest BCUT2D eigenvalue weighted by atomic mass is 16.5. The molecule has 1 heterocycles. The first-order valence-electron chi connectivity index (χ1n) is 9.76. The van der Waals surface area contributed by atoms with Crippen molar-refractivity contribution in [3.8, 4) is 5.75 Å². The van der Waals surface area contributed by atoms with Crippen molar-refractivity contribution in [2.45, 2.75) is 39.3 Å². The van der Waals surface area contributed by atoms with E-state index in [1.165, 1.54) is 12.5 Å². The molecule has 1 aliphatic rings. The third kappa shape index (κ3) is 7.95. The Bertz CT molecular complexity index is 788. The van der Waals surface area contributed by atoms with Crippen LogP contribution in [-0.2, 0) is 22.6 Å². The van der Waals surface area contributed by atoms with Gasteiger partial charge in [0.1, 0.15) is 5.75 Å². The number of nitrogens with zero attached hydrogens (tertiary/aromatic N) is 1. The van der Waals surface area contributed by atoms with Gasteiger partial charge in [0.05, 0.1) is 19.6 Å². The molecule has 0 aliphatic carbocycles. The Balaban J connectivity index is 0.000000212. The molecule has 0 saturated carbocycles. The van der Waals surface area contributed by atoms with Crippen molar-refractivity contribution >= 4 is 11.8 Å². The van der Waals surface area contributed by atoms with Crippen LogP contribution in [0.1, 0.15) is 30.0 Å². The van der Waals surface area contributed by atoms with E-state index in [-0.39, 0.29) is 17.9 Å². The lowest BCUT2D eigenvalue weighted by molar-refractivity contribution is -0.129. The lowest BCUT2D eigenvalue weighted by atomic mass is 10.1. The Hall–Kier alpha value is -2.86. The summed E-state index contributed by atoms with van der Waals surface area (Å²) in [6.07, 6.45) is 0.814. The summed E-state index contributed by atoms with van der Waals surface area (Å²) in [5, 5.41) is 12.1. The molecule has 156 valence electrons. The van der Waals surface area contributed by atoms with Crippen molar-refractivity contribution in [2.75, 3.05) is 20.2 Å². The summed E-state index contributed by atoms with van der Waals surface area (Å²) in [5.41, 5.74) is 3.31. The van der Waals surface area contributed by atoms with Gasteiger partial charge >= 0.3 is 0 Å². The van der Waals surface area contributed by atoms with Crippen molar-refractivity contribution in [3.05, 3.63) is 65.2 Å². The van der Waals surface area contributed by atoms with E-state index < -0.39 is 0 Å². The summed E-state index contributed by atoms with van der Waals surface area (Å²) >= 11 is 0. The Kier molecular flexibility index (Phi) is 8.68. The molecule has 0 spiro atoms. The number of ether oxygens (including phenoxy) is 1. The number of β-amino-alcohol motifs (C(OH)–C–C–N with tert-alkyl or cyclic N) is 1. The van der Waals surface area contributed by atoms with Gasteiger partial charge in [-0.3, -0.25) is 9.59 Å². The lowest BCUT2D eigenvalue weighted by Crippen LogP contribution is -2.30. The van der Waals surface area contributed by atoms with Gasteiger partial charge in [0.25, 0.3) is 0 Å². The van der Waals surface area contributed by atoms with Gasteiger partial charge in [0, 0.05) is 26.6 Å². The maximum atomic E-state index is 11.9. The minimum atomic E-state index is -0.332. The van der Waals surface area contributed by atoms with Crippen LogP contribution in [0.2, 0.25) is 0 Å². The van der Waals surface area contributed by atoms with Crippen LogP contribution in [0.4, 0.5) is 0 Å². The summed E-state index contributed by atoms with van der Waals surface area (Å²) in [7, 11) is 1.63. The molecule has 2 aromatic carbocycles. The number of nitrogens with one attached hydrogen (secondary N) is 1. The third-order valence-corrected chi connectivity index (χ3v) is 4.69. The molecule has 1 aliphatic heterocycles. The number of carbonyl (C=O) groups excluding carboxylic acids is 2. The fourth-order valence-corrected chi connectivity index (χ4v) is 2.93. The van der Waals surface area contributed by atoms with E-state index in [0.717, 1.165) is 16.9 Å². The van der Waals surface area contributed by atoms with Gasteiger partial charge < -0.3 is 20.1 Å². The number of hydrogen-bond acceptors (Lipinski definition) is 4. The zero-order valence-corrected chi connectivity index (χ0v) is 17.4. The van der Waals surface area contributed by atoms with E-state index in [1.807, 2.05) is 55.5 Å². The summed E-state index contributed by atoms with van der Waals surface area (Å²) < 4.78 is 5.01. The van der Waals surface area contributed by atoms with Crippen LogP contribution in [0.15, 0.2) is 48.5 Å². The predicted molar refractivity (Wildman–Crippen MR) is 113 cm³/mol. The first kappa shape index (κ1) is 22.4. The average molecular weight is 399 g/mol. The molecule has 1 atom stereocenters. The highest BCUT2D eigenvalue weighted by Gasteiger charge is 2.24. The summed E-state index contributed by atoms with van der Waals surface area (Å²) in [4.78, 5) is 24.2. The third-order valence-electron chi connectivity index (χ3n) is 4.69. The fraction of sp³-hybridized carbons (Fsp3) is 0.391. The summed E-state index contributed by atoms with van der Waals surface area (Å²) in [6.45, 7) is 5.28. The fourth-order valence-electron chi connectivity index (χ4n) is 2.93. The molecule has 3 rings (SSSR count). The molecule has 2 amide bonds. The number of aryl methyl sites for hydroxylation is 1. The number of methoxy groups -OCH3 is 1. The van der Waals surface area contributed by atoms with E-state index in [4.69, 9.17) is 4.74 Å². The molecule has 1 saturated heterocycles. The van der Waals surface area contributed by atoms with Crippen molar-refractivity contribution in [1.29, 1.82) is 0 Å². The largest absolute Gasteiger partial charge is 0.497 e. The number of aliphatic hydroxyl groups excluding tert-OH is 1. The highest BCUT2D eigenvalue weighted by molar-refractivity contribution is 5.79. The number of amides is 2. The quantitative estimate of drug-likeness (QED) is 0.811. The molecule has 6 nitrogen and oxygen atoms in total. The van der Waals surface area contributed by atoms with E-state index >= 15 is 0 Å². The van der Waals surface area contributed by atoms with Gasteiger partial charge in [0.2, 0.25) is 11.8 Å². The molecule has 6 heteroatoms. The molecule has 2 aromatic rings. The minimum Gasteiger partial charge on any atom is -0.497 e. The van der Waals surface area contributed by atoms with Crippen LogP contribution in [-0.4, -0.2) is 48.1 Å². The van der Waals surface area contributed by atoms with Crippen LogP contribution >= 0.6 is 0 Å². The van der Waals surface area contributed by atoms with Crippen LogP contribution in [0, 0.1) is 6.92 Å². The van der Waals surface area contributed by atoms with Crippen molar-refractivity contribution in [3.63, 3.8) is 0 Å². The molecule has 29 heavy (non-hydrogen) atoms. The van der Waals surface area contributed by atoms with Gasteiger partial charge in [-0.05, 0) is 36.6 Å². The standard InChI is InChI=1S/C13H17NO2.C10H13NO2/c1-10-2-4-11(5-3-10)8-13(16)14-7-6-12(15)9-14;1-8(12)11-7-9-3-5-10(13-2)6-4-9/h2-5,12,15H,6-9H2,1H3;3-6H,7H2,1-2H3,(H,11,12). The smallest absolute Gasteiger partial charge is 0.227 e. The Morgan fingerprint density at radius 1 is 1.10 bits per heavy atom. The second-order valence-electron chi connectivity index (χ2n) is 7.20. The lowest BCUT2D eigenvalue weighted by Gasteiger charge is -2.15. The van der Waals surface area contributed by atoms with Crippen LogP contribution in [0.5, 0.6) is 5.75 Å². The van der Waals surface area contributed by atoms with Gasteiger partial charge in [-0.15, -0.1) is 0 Å². The highest BCUT2D eigenvalue weighted by Crippen LogP contribution is 2.12. The topological polar surface area (TPSA) is 78.9 Å². The van der Waals surface area contributed by atoms with Crippen molar-refractivity contribution < 1.29 is 19.4 Å². The minimum absolute atomic E-state index is 0.0178. The van der Waals surface area contributed by atoms with E-state index in [2.05, 4.69) is 5.32 Å². The molecule has 2 N–H and O–H groups in total. The first-order valence-corrected chi connectivity index (χ1v) is 9.76. The van der Waals surface area contributed by atoms with Gasteiger partial charge in [-0.2, -0.15) is 0 Å². The van der Waals surface area contributed by atoms with Gasteiger partial charge in [-0.25, -0.2) is 0 Å². The number of likely N-dealkylation sites (tertiary alicyclic amines) is 1. The maximum absolute atomic E-state index is 11.9. The predicted octanol–water partition coefficient (Wildman–Crippen LogP) is 2.46. The molecule has 1 unspecified atom stereocenters. The molecule has 1 fully saturated rings. The second-order valence-corrected chi connectivity index (χ2v) is 7.20. The SMILES string of the molecule is COc1ccc(CNC(C)=O)cc1.Cc1ccc(CC(=O)N2CCC(O)C2)cc1. The van der Waals surface area contributed by atoms with E-state index in [1.54, 1.807) is 12.0 Å².